The van der Waals surface area contributed by atoms with Gasteiger partial charge in [0.2, 0.25) is 0 Å². The molecule has 1 unspecified atom stereocenters. The number of aryl methyl sites for hydroxylation is 1. The lowest BCUT2D eigenvalue weighted by atomic mass is 10.0. The van der Waals surface area contributed by atoms with Crippen LogP contribution < -0.4 is 16.0 Å². The fraction of sp³-hybridized carbons (Fsp3) is 0.207. The standard InChI is InChI=1S/C29H30N4O3/c1-5-6-14-30-29(36)26-17(2)25(31-19(26)4)16-23-22-15-21(12-13-24(22)33-28(23)35)27(34)32-18(3)20-10-8-7-9-11-20/h5,7-13,15-16,18,31H,1,6,14H2,2-4H3,(H,30,36)(H,32,34)(H,33,35). The highest BCUT2D eigenvalue weighted by atomic mass is 16.2. The number of rotatable bonds is 8. The Balaban J connectivity index is 1.60. The second-order valence-corrected chi connectivity index (χ2v) is 8.88. The number of H-pyrrole nitrogens is 1. The van der Waals surface area contributed by atoms with E-state index >= 15 is 0 Å². The van der Waals surface area contributed by atoms with E-state index in [4.69, 9.17) is 0 Å². The maximum atomic E-state index is 13.0. The summed E-state index contributed by atoms with van der Waals surface area (Å²) in [5, 5.41) is 8.75. The zero-order chi connectivity index (χ0) is 25.8. The Morgan fingerprint density at radius 2 is 1.83 bits per heavy atom. The highest BCUT2D eigenvalue weighted by molar-refractivity contribution is 6.35. The van der Waals surface area contributed by atoms with E-state index in [1.54, 1.807) is 30.4 Å². The third-order valence-electron chi connectivity index (χ3n) is 6.34. The van der Waals surface area contributed by atoms with Crippen molar-refractivity contribution in [1.82, 2.24) is 15.6 Å². The number of aromatic amines is 1. The molecule has 0 aliphatic carbocycles. The second-order valence-electron chi connectivity index (χ2n) is 8.88. The molecule has 4 rings (SSSR count). The molecule has 0 spiro atoms. The van der Waals surface area contributed by atoms with Gasteiger partial charge in [-0.3, -0.25) is 14.4 Å². The molecule has 0 fully saturated rings. The van der Waals surface area contributed by atoms with Gasteiger partial charge >= 0.3 is 0 Å². The average molecular weight is 483 g/mol. The molecule has 184 valence electrons. The molecule has 2 aromatic carbocycles. The van der Waals surface area contributed by atoms with E-state index in [0.29, 0.717) is 46.6 Å². The molecule has 0 saturated carbocycles. The molecule has 1 aliphatic heterocycles. The van der Waals surface area contributed by atoms with E-state index in [1.807, 2.05) is 51.1 Å². The van der Waals surface area contributed by atoms with Crippen LogP contribution in [0.25, 0.3) is 11.6 Å². The van der Waals surface area contributed by atoms with Crippen LogP contribution in [0.1, 0.15) is 68.2 Å². The first-order chi connectivity index (χ1) is 17.3. The smallest absolute Gasteiger partial charge is 0.256 e. The monoisotopic (exact) mass is 482 g/mol. The van der Waals surface area contributed by atoms with E-state index in [-0.39, 0.29) is 23.8 Å². The molecular formula is C29H30N4O3. The van der Waals surface area contributed by atoms with Gasteiger partial charge in [0, 0.05) is 34.7 Å². The number of nitrogens with one attached hydrogen (secondary N) is 4. The number of hydrogen-bond acceptors (Lipinski definition) is 3. The summed E-state index contributed by atoms with van der Waals surface area (Å²) >= 11 is 0. The number of carbonyl (C=O) groups is 3. The predicted octanol–water partition coefficient (Wildman–Crippen LogP) is 4.92. The molecule has 1 atom stereocenters. The van der Waals surface area contributed by atoms with Gasteiger partial charge in [-0.05, 0) is 62.6 Å². The molecule has 3 amide bonds. The van der Waals surface area contributed by atoms with E-state index < -0.39 is 0 Å². The van der Waals surface area contributed by atoms with Crippen LogP contribution in [0.5, 0.6) is 0 Å². The summed E-state index contributed by atoms with van der Waals surface area (Å²) in [5.41, 5.74) is 5.89. The van der Waals surface area contributed by atoms with Gasteiger partial charge in [0.05, 0.1) is 17.2 Å². The maximum absolute atomic E-state index is 13.0. The van der Waals surface area contributed by atoms with Gasteiger partial charge in [-0.25, -0.2) is 0 Å². The number of hydrogen-bond donors (Lipinski definition) is 4. The van der Waals surface area contributed by atoms with Gasteiger partial charge in [-0.15, -0.1) is 6.58 Å². The van der Waals surface area contributed by atoms with Crippen LogP contribution in [0, 0.1) is 13.8 Å². The van der Waals surface area contributed by atoms with Crippen molar-refractivity contribution in [3.8, 4) is 0 Å². The van der Waals surface area contributed by atoms with Crippen LogP contribution >= 0.6 is 0 Å². The molecule has 0 saturated heterocycles. The summed E-state index contributed by atoms with van der Waals surface area (Å²) < 4.78 is 0. The van der Waals surface area contributed by atoms with Gasteiger partial charge in [0.1, 0.15) is 0 Å². The van der Waals surface area contributed by atoms with Gasteiger partial charge < -0.3 is 20.9 Å². The topological polar surface area (TPSA) is 103 Å². The first-order valence-electron chi connectivity index (χ1n) is 11.9. The molecule has 7 heteroatoms. The third kappa shape index (κ3) is 5.00. The van der Waals surface area contributed by atoms with Crippen LogP contribution in [-0.4, -0.2) is 29.3 Å². The minimum Gasteiger partial charge on any atom is -0.358 e. The van der Waals surface area contributed by atoms with Gasteiger partial charge in [0.25, 0.3) is 17.7 Å². The minimum absolute atomic E-state index is 0.165. The van der Waals surface area contributed by atoms with Crippen molar-refractivity contribution in [3.63, 3.8) is 0 Å². The summed E-state index contributed by atoms with van der Waals surface area (Å²) in [5.74, 6) is -0.655. The molecule has 1 aliphatic rings. The normalized spacial score (nSPS) is 14.2. The summed E-state index contributed by atoms with van der Waals surface area (Å²) in [4.78, 5) is 41.7. The van der Waals surface area contributed by atoms with Crippen LogP contribution in [-0.2, 0) is 4.79 Å². The number of fused-ring (bicyclic) bond motifs is 1. The number of amides is 3. The zero-order valence-corrected chi connectivity index (χ0v) is 20.7. The van der Waals surface area contributed by atoms with Gasteiger partial charge in [0.15, 0.2) is 0 Å². The van der Waals surface area contributed by atoms with E-state index in [1.165, 1.54) is 0 Å². The number of aromatic nitrogens is 1. The first-order valence-corrected chi connectivity index (χ1v) is 11.9. The number of anilines is 1. The van der Waals surface area contributed by atoms with Crippen molar-refractivity contribution in [2.45, 2.75) is 33.2 Å². The quantitative estimate of drug-likeness (QED) is 0.208. The molecule has 1 aromatic heterocycles. The summed E-state index contributed by atoms with van der Waals surface area (Å²) in [6.45, 7) is 9.78. The molecule has 7 nitrogen and oxygen atoms in total. The Labute approximate surface area is 210 Å². The lowest BCUT2D eigenvalue weighted by Crippen LogP contribution is -2.26. The number of carbonyl (C=O) groups excluding carboxylic acids is 3. The predicted molar refractivity (Wildman–Crippen MR) is 143 cm³/mol. The Bertz CT molecular complexity index is 1370. The SMILES string of the molecule is C=CCCNC(=O)c1c(C)[nH]c(C=C2C(=O)Nc3ccc(C(=O)NC(C)c4ccccc4)cc32)c1C. The van der Waals surface area contributed by atoms with Crippen molar-refractivity contribution in [3.05, 3.63) is 100 Å². The molecule has 3 aromatic rings. The summed E-state index contributed by atoms with van der Waals surface area (Å²) in [6.07, 6.45) is 4.17. The van der Waals surface area contributed by atoms with Gasteiger partial charge in [-0.1, -0.05) is 36.4 Å². The zero-order valence-electron chi connectivity index (χ0n) is 20.7. The highest BCUT2D eigenvalue weighted by Crippen LogP contribution is 2.35. The second kappa shape index (κ2) is 10.5. The van der Waals surface area contributed by atoms with Crippen molar-refractivity contribution in [1.29, 1.82) is 0 Å². The Morgan fingerprint density at radius 1 is 1.08 bits per heavy atom. The molecular weight excluding hydrogens is 452 g/mol. The van der Waals surface area contributed by atoms with Crippen LogP contribution in [0.15, 0.2) is 61.2 Å². The molecule has 36 heavy (non-hydrogen) atoms. The fourth-order valence-corrected chi connectivity index (χ4v) is 4.36. The number of benzene rings is 2. The molecule has 0 bridgehead atoms. The maximum Gasteiger partial charge on any atom is 0.256 e. The minimum atomic E-state index is -0.260. The van der Waals surface area contributed by atoms with Gasteiger partial charge in [-0.2, -0.15) is 0 Å². The Kier molecular flexibility index (Phi) is 7.20. The fourth-order valence-electron chi connectivity index (χ4n) is 4.36. The molecule has 0 radical (unpaired) electrons. The van der Waals surface area contributed by atoms with E-state index in [0.717, 1.165) is 16.8 Å². The van der Waals surface area contributed by atoms with Crippen molar-refractivity contribution < 1.29 is 14.4 Å². The lowest BCUT2D eigenvalue weighted by molar-refractivity contribution is -0.110. The van der Waals surface area contributed by atoms with Crippen molar-refractivity contribution in [2.75, 3.05) is 11.9 Å². The average Bonchev–Trinajstić information content (AvgIpc) is 3.33. The van der Waals surface area contributed by atoms with E-state index in [2.05, 4.69) is 27.5 Å². The molecule has 2 heterocycles. The van der Waals surface area contributed by atoms with Crippen LogP contribution in [0.4, 0.5) is 5.69 Å². The largest absolute Gasteiger partial charge is 0.358 e. The Hall–Kier alpha value is -4.39. The summed E-state index contributed by atoms with van der Waals surface area (Å²) in [7, 11) is 0. The third-order valence-corrected chi connectivity index (χ3v) is 6.34. The van der Waals surface area contributed by atoms with Crippen LogP contribution in [0.3, 0.4) is 0 Å². The summed E-state index contributed by atoms with van der Waals surface area (Å²) in [6, 6.07) is 14.7. The van der Waals surface area contributed by atoms with E-state index in [9.17, 15) is 14.4 Å². The highest BCUT2D eigenvalue weighted by Gasteiger charge is 2.27. The Morgan fingerprint density at radius 3 is 2.56 bits per heavy atom. The van der Waals surface area contributed by atoms with Crippen molar-refractivity contribution >= 4 is 35.1 Å². The van der Waals surface area contributed by atoms with Crippen LogP contribution in [0.2, 0.25) is 0 Å². The van der Waals surface area contributed by atoms with Crippen molar-refractivity contribution in [2.24, 2.45) is 0 Å². The first kappa shape index (κ1) is 24.7. The lowest BCUT2D eigenvalue weighted by Gasteiger charge is -2.14. The molecule has 4 N–H and O–H groups in total.